The number of carbonyl (C=O) groups is 1. The molecule has 3 aromatic rings. The average molecular weight is 468 g/mol. The molecule has 0 bridgehead atoms. The van der Waals surface area contributed by atoms with Gasteiger partial charge in [-0.3, -0.25) is 9.78 Å². The normalized spacial score (nSPS) is 17.9. The van der Waals surface area contributed by atoms with Crippen molar-refractivity contribution in [2.75, 3.05) is 11.9 Å². The maximum absolute atomic E-state index is 14.6. The van der Waals surface area contributed by atoms with Gasteiger partial charge in [0.05, 0.1) is 24.6 Å². The Morgan fingerprint density at radius 3 is 2.65 bits per heavy atom. The van der Waals surface area contributed by atoms with Crippen LogP contribution in [0, 0.1) is 11.6 Å². The summed E-state index contributed by atoms with van der Waals surface area (Å²) in [4.78, 5) is 21.3. The number of carbonyl (C=O) groups excluding carboxylic acids is 1. The Labute approximate surface area is 197 Å². The summed E-state index contributed by atoms with van der Waals surface area (Å²) in [6.07, 6.45) is 6.74. The summed E-state index contributed by atoms with van der Waals surface area (Å²) < 4.78 is 34.7. The van der Waals surface area contributed by atoms with E-state index in [9.17, 15) is 18.7 Å². The summed E-state index contributed by atoms with van der Waals surface area (Å²) in [6.45, 7) is 2.38. The van der Waals surface area contributed by atoms with Crippen LogP contribution in [0.5, 0.6) is 5.75 Å². The number of aliphatic hydroxyl groups is 1. The van der Waals surface area contributed by atoms with Crippen LogP contribution < -0.4 is 10.1 Å². The van der Waals surface area contributed by atoms with Gasteiger partial charge in [0.2, 0.25) is 0 Å². The zero-order chi connectivity index (χ0) is 24.1. The van der Waals surface area contributed by atoms with Crippen LogP contribution in [0.4, 0.5) is 14.5 Å². The number of hydrogen-bond acceptors (Lipinski definition) is 5. The molecular weight excluding hydrogens is 440 g/mol. The molecule has 34 heavy (non-hydrogen) atoms. The summed E-state index contributed by atoms with van der Waals surface area (Å²) >= 11 is 0. The van der Waals surface area contributed by atoms with Crippen molar-refractivity contribution in [1.82, 2.24) is 9.97 Å². The number of hydrogen-bond donors (Lipinski definition) is 2. The summed E-state index contributed by atoms with van der Waals surface area (Å²) in [5.74, 6) is -1.37. The minimum absolute atomic E-state index is 0.0513. The molecule has 1 saturated carbocycles. The maximum atomic E-state index is 14.6. The molecule has 1 amide bonds. The first-order valence-electron chi connectivity index (χ1n) is 11.5. The second-order valence-electron chi connectivity index (χ2n) is 8.44. The quantitative estimate of drug-likeness (QED) is 0.481. The number of benzene rings is 1. The number of rotatable bonds is 7. The molecule has 1 aliphatic carbocycles. The van der Waals surface area contributed by atoms with Crippen molar-refractivity contribution < 1.29 is 23.4 Å². The minimum atomic E-state index is -0.745. The highest BCUT2D eigenvalue weighted by molar-refractivity contribution is 6.03. The molecule has 178 valence electrons. The molecule has 0 atom stereocenters. The first-order valence-corrected chi connectivity index (χ1v) is 11.5. The number of pyridine rings is 2. The van der Waals surface area contributed by atoms with E-state index >= 15 is 0 Å². The second kappa shape index (κ2) is 10.7. The third kappa shape index (κ3) is 5.39. The van der Waals surface area contributed by atoms with E-state index in [-0.39, 0.29) is 29.0 Å². The summed E-state index contributed by atoms with van der Waals surface area (Å²) in [7, 11) is 0. The topological polar surface area (TPSA) is 84.3 Å². The van der Waals surface area contributed by atoms with Gasteiger partial charge in [0, 0.05) is 11.8 Å². The van der Waals surface area contributed by atoms with E-state index < -0.39 is 17.5 Å². The second-order valence-corrected chi connectivity index (χ2v) is 8.44. The van der Waals surface area contributed by atoms with Crippen molar-refractivity contribution >= 4 is 11.6 Å². The van der Waals surface area contributed by atoms with Crippen LogP contribution in [0.15, 0.2) is 48.8 Å². The number of aliphatic hydroxyl groups excluding tert-OH is 1. The maximum Gasteiger partial charge on any atom is 0.274 e. The predicted octanol–water partition coefficient (Wildman–Crippen LogP) is 5.48. The van der Waals surface area contributed by atoms with Crippen LogP contribution in [0.25, 0.3) is 11.3 Å². The lowest BCUT2D eigenvalue weighted by Gasteiger charge is -2.27. The van der Waals surface area contributed by atoms with Crippen LogP contribution in [-0.4, -0.2) is 33.7 Å². The third-order valence-electron chi connectivity index (χ3n) is 5.98. The van der Waals surface area contributed by atoms with E-state index in [2.05, 4.69) is 15.3 Å². The highest BCUT2D eigenvalue weighted by atomic mass is 19.1. The fraction of sp³-hybridized carbons (Fsp3) is 0.346. The molecule has 0 aliphatic heterocycles. The lowest BCUT2D eigenvalue weighted by Crippen LogP contribution is -2.20. The van der Waals surface area contributed by atoms with Crippen LogP contribution in [0.1, 0.15) is 61.0 Å². The lowest BCUT2D eigenvalue weighted by molar-refractivity contribution is 0.102. The number of ether oxygens (including phenoxy) is 1. The number of anilines is 1. The van der Waals surface area contributed by atoms with E-state index in [4.69, 9.17) is 4.74 Å². The zero-order valence-electron chi connectivity index (χ0n) is 18.9. The molecule has 2 aromatic heterocycles. The van der Waals surface area contributed by atoms with Crippen LogP contribution in [0.3, 0.4) is 0 Å². The molecule has 1 aliphatic rings. The van der Waals surface area contributed by atoms with Gasteiger partial charge in [0.15, 0.2) is 0 Å². The van der Waals surface area contributed by atoms with Crippen molar-refractivity contribution in [3.63, 3.8) is 0 Å². The Kier molecular flexibility index (Phi) is 7.47. The summed E-state index contributed by atoms with van der Waals surface area (Å²) in [6, 6.07) is 8.27. The average Bonchev–Trinajstić information content (AvgIpc) is 2.85. The Hall–Kier alpha value is -3.39. The largest absolute Gasteiger partial charge is 0.494 e. The molecule has 0 unspecified atom stereocenters. The zero-order valence-corrected chi connectivity index (χ0v) is 18.9. The third-order valence-corrected chi connectivity index (χ3v) is 5.98. The first-order chi connectivity index (χ1) is 16.5. The fourth-order valence-electron chi connectivity index (χ4n) is 4.19. The molecule has 0 saturated heterocycles. The van der Waals surface area contributed by atoms with Gasteiger partial charge in [0.25, 0.3) is 5.91 Å². The Balaban J connectivity index is 1.59. The van der Waals surface area contributed by atoms with Gasteiger partial charge in [-0.15, -0.1) is 0 Å². The van der Waals surface area contributed by atoms with Gasteiger partial charge in [-0.25, -0.2) is 13.8 Å². The van der Waals surface area contributed by atoms with Crippen LogP contribution >= 0.6 is 0 Å². The van der Waals surface area contributed by atoms with Crippen molar-refractivity contribution in [2.45, 2.75) is 51.0 Å². The number of aromatic nitrogens is 2. The predicted molar refractivity (Wildman–Crippen MR) is 125 cm³/mol. The van der Waals surface area contributed by atoms with Crippen LogP contribution in [0.2, 0.25) is 0 Å². The van der Waals surface area contributed by atoms with Crippen molar-refractivity contribution in [2.24, 2.45) is 0 Å². The van der Waals surface area contributed by atoms with Crippen molar-refractivity contribution in [3.8, 4) is 17.0 Å². The molecular formula is C26H27F2N3O3. The Bertz CT molecular complexity index is 1160. The number of halogens is 2. The monoisotopic (exact) mass is 467 g/mol. The molecule has 6 nitrogen and oxygen atoms in total. The fourth-order valence-corrected chi connectivity index (χ4v) is 4.19. The number of nitrogens with one attached hydrogen (secondary N) is 1. The molecule has 0 radical (unpaired) electrons. The van der Waals surface area contributed by atoms with E-state index in [1.807, 2.05) is 13.0 Å². The van der Waals surface area contributed by atoms with Gasteiger partial charge in [-0.05, 0) is 80.0 Å². The molecule has 1 aromatic carbocycles. The minimum Gasteiger partial charge on any atom is -0.494 e. The van der Waals surface area contributed by atoms with Gasteiger partial charge in [-0.2, -0.15) is 0 Å². The van der Waals surface area contributed by atoms with E-state index in [0.717, 1.165) is 30.9 Å². The standard InChI is InChI=1S/C26H27F2N3O3/c1-2-13-34-18-7-8-21(27)20(14-18)25-22(28)9-10-23(30-25)26(33)31-24-15-29-12-11-19(24)16-3-5-17(32)6-4-16/h7-12,14-17,32H,2-6,13H2,1H3,(H,31,33). The molecule has 1 fully saturated rings. The Morgan fingerprint density at radius 2 is 1.88 bits per heavy atom. The van der Waals surface area contributed by atoms with E-state index in [1.54, 1.807) is 12.4 Å². The van der Waals surface area contributed by atoms with Gasteiger partial charge in [0.1, 0.15) is 28.8 Å². The Morgan fingerprint density at radius 1 is 1.12 bits per heavy atom. The first kappa shape index (κ1) is 23.8. The molecule has 0 spiro atoms. The van der Waals surface area contributed by atoms with Crippen molar-refractivity contribution in [1.29, 1.82) is 0 Å². The number of amides is 1. The molecule has 2 N–H and O–H groups in total. The highest BCUT2D eigenvalue weighted by Gasteiger charge is 2.24. The van der Waals surface area contributed by atoms with Crippen molar-refractivity contribution in [3.05, 3.63) is 71.7 Å². The smallest absolute Gasteiger partial charge is 0.274 e. The van der Waals surface area contributed by atoms with Gasteiger partial charge >= 0.3 is 0 Å². The van der Waals surface area contributed by atoms with Crippen LogP contribution in [-0.2, 0) is 0 Å². The number of nitrogens with zero attached hydrogens (tertiary/aromatic N) is 2. The molecule has 2 heterocycles. The molecule has 8 heteroatoms. The summed E-state index contributed by atoms with van der Waals surface area (Å²) in [5.41, 5.74) is 1.08. The van der Waals surface area contributed by atoms with Gasteiger partial charge in [-0.1, -0.05) is 6.92 Å². The SMILES string of the molecule is CCCOc1ccc(F)c(-c2nc(C(=O)Nc3cnccc3C3CCC(O)CC3)ccc2F)c1. The lowest BCUT2D eigenvalue weighted by atomic mass is 9.82. The van der Waals surface area contributed by atoms with Gasteiger partial charge < -0.3 is 15.2 Å². The van der Waals surface area contributed by atoms with E-state index in [1.165, 1.54) is 24.3 Å². The molecule has 4 rings (SSSR count). The summed E-state index contributed by atoms with van der Waals surface area (Å²) in [5, 5.41) is 12.6. The van der Waals surface area contributed by atoms with E-state index in [0.29, 0.717) is 30.9 Å². The highest BCUT2D eigenvalue weighted by Crippen LogP contribution is 2.36.